The number of amides is 2. The SMILES string of the molecule is N[C@@]12C[C@@H]1CN(C(=O)Nc1cccc(F)c1)C2. The number of benzene rings is 1. The van der Waals surface area contributed by atoms with Gasteiger partial charge in [-0.25, -0.2) is 9.18 Å². The summed E-state index contributed by atoms with van der Waals surface area (Å²) < 4.78 is 12.9. The number of nitrogens with zero attached hydrogens (tertiary/aromatic N) is 1. The Morgan fingerprint density at radius 2 is 2.41 bits per heavy atom. The highest BCUT2D eigenvalue weighted by atomic mass is 19.1. The van der Waals surface area contributed by atoms with Crippen molar-refractivity contribution in [1.82, 2.24) is 4.90 Å². The molecule has 0 unspecified atom stereocenters. The number of rotatable bonds is 1. The molecule has 5 heteroatoms. The molecule has 2 atom stereocenters. The third-order valence-electron chi connectivity index (χ3n) is 3.57. The minimum Gasteiger partial charge on any atom is -0.323 e. The number of likely N-dealkylation sites (tertiary alicyclic amines) is 1. The summed E-state index contributed by atoms with van der Waals surface area (Å²) in [5.74, 6) is 0.0862. The third-order valence-corrected chi connectivity index (χ3v) is 3.57. The number of nitrogens with two attached hydrogens (primary N) is 1. The van der Waals surface area contributed by atoms with E-state index in [1.165, 1.54) is 12.1 Å². The van der Waals surface area contributed by atoms with Crippen molar-refractivity contribution < 1.29 is 9.18 Å². The maximum absolute atomic E-state index is 12.9. The van der Waals surface area contributed by atoms with Crippen LogP contribution in [0.3, 0.4) is 0 Å². The van der Waals surface area contributed by atoms with Gasteiger partial charge in [-0.1, -0.05) is 6.07 Å². The molecule has 17 heavy (non-hydrogen) atoms. The van der Waals surface area contributed by atoms with Crippen LogP contribution in [0.2, 0.25) is 0 Å². The second-order valence-electron chi connectivity index (χ2n) is 4.96. The molecule has 90 valence electrons. The number of carbonyl (C=O) groups excluding carboxylic acids is 1. The predicted molar refractivity (Wildman–Crippen MR) is 62.0 cm³/mol. The summed E-state index contributed by atoms with van der Waals surface area (Å²) in [4.78, 5) is 13.6. The molecule has 1 saturated carbocycles. The molecule has 1 aliphatic carbocycles. The highest BCUT2D eigenvalue weighted by Crippen LogP contribution is 2.47. The van der Waals surface area contributed by atoms with Crippen molar-refractivity contribution in [3.63, 3.8) is 0 Å². The number of hydrogen-bond donors (Lipinski definition) is 2. The number of anilines is 1. The van der Waals surface area contributed by atoms with E-state index in [1.54, 1.807) is 17.0 Å². The molecule has 0 radical (unpaired) electrons. The minimum atomic E-state index is -0.359. The van der Waals surface area contributed by atoms with E-state index < -0.39 is 0 Å². The van der Waals surface area contributed by atoms with E-state index in [4.69, 9.17) is 5.73 Å². The van der Waals surface area contributed by atoms with Crippen LogP contribution in [0.5, 0.6) is 0 Å². The van der Waals surface area contributed by atoms with E-state index in [9.17, 15) is 9.18 Å². The number of halogens is 1. The van der Waals surface area contributed by atoms with E-state index >= 15 is 0 Å². The van der Waals surface area contributed by atoms with Crippen LogP contribution in [0.4, 0.5) is 14.9 Å². The Morgan fingerprint density at radius 1 is 1.59 bits per heavy atom. The second kappa shape index (κ2) is 3.43. The summed E-state index contributed by atoms with van der Waals surface area (Å²) in [5.41, 5.74) is 6.34. The number of nitrogens with one attached hydrogen (secondary N) is 1. The Hall–Kier alpha value is -1.62. The van der Waals surface area contributed by atoms with Crippen molar-refractivity contribution in [2.75, 3.05) is 18.4 Å². The van der Waals surface area contributed by atoms with Crippen LogP contribution < -0.4 is 11.1 Å². The molecule has 1 saturated heterocycles. The van der Waals surface area contributed by atoms with Crippen molar-refractivity contribution in [1.29, 1.82) is 0 Å². The minimum absolute atomic E-state index is 0.153. The van der Waals surface area contributed by atoms with Crippen molar-refractivity contribution in [3.05, 3.63) is 30.1 Å². The quantitative estimate of drug-likeness (QED) is 0.772. The topological polar surface area (TPSA) is 58.4 Å². The molecule has 3 N–H and O–H groups in total. The zero-order valence-corrected chi connectivity index (χ0v) is 9.32. The Morgan fingerprint density at radius 3 is 3.06 bits per heavy atom. The number of urea groups is 1. The fourth-order valence-corrected chi connectivity index (χ4v) is 2.45. The molecule has 2 fully saturated rings. The highest BCUT2D eigenvalue weighted by molar-refractivity contribution is 5.89. The maximum atomic E-state index is 12.9. The highest BCUT2D eigenvalue weighted by Gasteiger charge is 2.58. The lowest BCUT2D eigenvalue weighted by atomic mass is 10.3. The van der Waals surface area contributed by atoms with E-state index in [0.717, 1.165) is 6.42 Å². The molecule has 0 spiro atoms. The molecule has 1 aromatic rings. The fourth-order valence-electron chi connectivity index (χ4n) is 2.45. The van der Waals surface area contributed by atoms with Crippen LogP contribution in [-0.4, -0.2) is 29.6 Å². The predicted octanol–water partition coefficient (Wildman–Crippen LogP) is 1.39. The molecular formula is C12H14FN3O. The number of carbonyl (C=O) groups is 1. The first-order valence-corrected chi connectivity index (χ1v) is 5.67. The van der Waals surface area contributed by atoms with Gasteiger partial charge in [0.2, 0.25) is 0 Å². The van der Waals surface area contributed by atoms with Gasteiger partial charge in [0.05, 0.1) is 0 Å². The van der Waals surface area contributed by atoms with Crippen molar-refractivity contribution in [2.24, 2.45) is 11.7 Å². The van der Waals surface area contributed by atoms with Crippen molar-refractivity contribution >= 4 is 11.7 Å². The Bertz CT molecular complexity index is 479. The monoisotopic (exact) mass is 235 g/mol. The van der Waals surface area contributed by atoms with Crippen LogP contribution in [-0.2, 0) is 0 Å². The summed E-state index contributed by atoms with van der Waals surface area (Å²) >= 11 is 0. The zero-order valence-electron chi connectivity index (χ0n) is 9.32. The standard InChI is InChI=1S/C12H14FN3O/c13-9-2-1-3-10(4-9)15-11(17)16-6-8-5-12(8,14)7-16/h1-4,8H,5-7,14H2,(H,15,17)/t8-,12-/m1/s1. The molecule has 2 aliphatic rings. The van der Waals surface area contributed by atoms with Gasteiger partial charge in [-0.3, -0.25) is 0 Å². The molecule has 2 amide bonds. The normalized spacial score (nSPS) is 30.0. The van der Waals surface area contributed by atoms with E-state index in [2.05, 4.69) is 5.32 Å². The van der Waals surface area contributed by atoms with Crippen molar-refractivity contribution in [2.45, 2.75) is 12.0 Å². The molecular weight excluding hydrogens is 221 g/mol. The van der Waals surface area contributed by atoms with Gasteiger partial charge < -0.3 is 16.0 Å². The Labute approximate surface area is 98.6 Å². The molecule has 1 heterocycles. The molecule has 3 rings (SSSR count). The summed E-state index contributed by atoms with van der Waals surface area (Å²) in [6, 6.07) is 5.67. The van der Waals surface area contributed by atoms with E-state index in [0.29, 0.717) is 24.7 Å². The third kappa shape index (κ3) is 1.86. The lowest BCUT2D eigenvalue weighted by molar-refractivity contribution is 0.216. The van der Waals surface area contributed by atoms with Gasteiger partial charge in [0.1, 0.15) is 5.82 Å². The summed E-state index contributed by atoms with van der Waals surface area (Å²) in [6.45, 7) is 1.30. The smallest absolute Gasteiger partial charge is 0.321 e. The van der Waals surface area contributed by atoms with Crippen molar-refractivity contribution in [3.8, 4) is 0 Å². The lowest BCUT2D eigenvalue weighted by Crippen LogP contribution is -2.39. The first kappa shape index (κ1) is 10.5. The number of fused-ring (bicyclic) bond motifs is 1. The van der Waals surface area contributed by atoms with E-state index in [1.807, 2.05) is 0 Å². The van der Waals surface area contributed by atoms with E-state index in [-0.39, 0.29) is 17.4 Å². The van der Waals surface area contributed by atoms with Crippen LogP contribution in [0.15, 0.2) is 24.3 Å². The summed E-state index contributed by atoms with van der Waals surface area (Å²) in [5, 5.41) is 2.67. The van der Waals surface area contributed by atoms with Crippen LogP contribution in [0.1, 0.15) is 6.42 Å². The largest absolute Gasteiger partial charge is 0.323 e. The zero-order chi connectivity index (χ0) is 12.0. The van der Waals surface area contributed by atoms with Crippen LogP contribution >= 0.6 is 0 Å². The van der Waals surface area contributed by atoms with Gasteiger partial charge in [-0.2, -0.15) is 0 Å². The van der Waals surface area contributed by atoms with Gasteiger partial charge in [-0.15, -0.1) is 0 Å². The number of hydrogen-bond acceptors (Lipinski definition) is 2. The molecule has 1 aromatic carbocycles. The van der Waals surface area contributed by atoms with Crippen LogP contribution in [0.25, 0.3) is 0 Å². The molecule has 1 aliphatic heterocycles. The number of piperidine rings is 1. The lowest BCUT2D eigenvalue weighted by Gasteiger charge is -2.19. The molecule has 0 bridgehead atoms. The Kier molecular flexibility index (Phi) is 2.13. The molecule has 4 nitrogen and oxygen atoms in total. The fraction of sp³-hybridized carbons (Fsp3) is 0.417. The first-order valence-electron chi connectivity index (χ1n) is 5.67. The van der Waals surface area contributed by atoms with Gasteiger partial charge in [0.15, 0.2) is 0 Å². The summed E-state index contributed by atoms with van der Waals surface area (Å²) in [6.07, 6.45) is 1.01. The van der Waals surface area contributed by atoms with Gasteiger partial charge in [0, 0.05) is 24.3 Å². The Balaban J connectivity index is 1.64. The van der Waals surface area contributed by atoms with Gasteiger partial charge in [-0.05, 0) is 30.5 Å². The average Bonchev–Trinajstić information content (AvgIpc) is 2.77. The first-order chi connectivity index (χ1) is 8.07. The second-order valence-corrected chi connectivity index (χ2v) is 4.96. The molecule has 0 aromatic heterocycles. The van der Waals surface area contributed by atoms with Gasteiger partial charge >= 0.3 is 6.03 Å². The average molecular weight is 235 g/mol. The maximum Gasteiger partial charge on any atom is 0.321 e. The van der Waals surface area contributed by atoms with Crippen LogP contribution in [0, 0.1) is 11.7 Å². The summed E-state index contributed by atoms with van der Waals surface area (Å²) in [7, 11) is 0. The van der Waals surface area contributed by atoms with Gasteiger partial charge in [0.25, 0.3) is 0 Å².